The van der Waals surface area contributed by atoms with Crippen LogP contribution in [0.3, 0.4) is 0 Å². The van der Waals surface area contributed by atoms with E-state index in [1.165, 1.54) is 22.8 Å². The highest BCUT2D eigenvalue weighted by Gasteiger charge is 2.35. The number of hydrogen-bond acceptors (Lipinski definition) is 8. The van der Waals surface area contributed by atoms with Gasteiger partial charge in [-0.25, -0.2) is 13.4 Å². The summed E-state index contributed by atoms with van der Waals surface area (Å²) in [7, 11) is -0.525. The number of hydrogen-bond donors (Lipinski definition) is 0. The van der Waals surface area contributed by atoms with Gasteiger partial charge in [0.15, 0.2) is 5.13 Å². The van der Waals surface area contributed by atoms with Gasteiger partial charge in [-0.05, 0) is 61.4 Å². The third-order valence-corrected chi connectivity index (χ3v) is 9.45. The molecule has 0 spiro atoms. The molecule has 2 aromatic carbocycles. The van der Waals surface area contributed by atoms with Gasteiger partial charge in [-0.15, -0.1) is 0 Å². The number of fused-ring (bicyclic) bond motifs is 1. The van der Waals surface area contributed by atoms with Crippen molar-refractivity contribution in [3.05, 3.63) is 66.6 Å². The fraction of sp³-hybridized carbons (Fsp3) is 0.308. The number of ether oxygens (including phenoxy) is 2. The topological polar surface area (TPSA) is 102 Å². The van der Waals surface area contributed by atoms with E-state index in [0.717, 1.165) is 10.2 Å². The predicted octanol–water partition coefficient (Wildman–Crippen LogP) is 4.54. The maximum absolute atomic E-state index is 13.8. The Morgan fingerprint density at radius 1 is 1.08 bits per heavy atom. The highest BCUT2D eigenvalue weighted by Crippen LogP contribution is 2.34. The minimum Gasteiger partial charge on any atom is -0.497 e. The number of anilines is 1. The summed E-state index contributed by atoms with van der Waals surface area (Å²) >= 11 is 1.42. The van der Waals surface area contributed by atoms with Crippen molar-refractivity contribution >= 4 is 42.6 Å². The lowest BCUT2D eigenvalue weighted by Gasteiger charge is -2.32. The Bertz CT molecular complexity index is 1470. The molecule has 4 aromatic rings. The van der Waals surface area contributed by atoms with Crippen molar-refractivity contribution in [2.75, 3.05) is 32.2 Å². The van der Waals surface area contributed by atoms with Crippen LogP contribution in [-0.4, -0.2) is 50.9 Å². The number of nitrogens with zero attached hydrogens (tertiary/aromatic N) is 3. The maximum Gasteiger partial charge on any atom is 0.243 e. The SMILES string of the molecule is COc1ccc(S(=O)(=O)N2CCC(C(=O)N(Cc3ccco3)c3nc4cc(OC)ccc4s3)CC2)cc1. The van der Waals surface area contributed by atoms with Gasteiger partial charge in [0.25, 0.3) is 0 Å². The Kier molecular flexibility index (Phi) is 7.18. The van der Waals surface area contributed by atoms with E-state index in [-0.39, 0.29) is 36.4 Å². The predicted molar refractivity (Wildman–Crippen MR) is 141 cm³/mol. The van der Waals surface area contributed by atoms with Gasteiger partial charge in [0.1, 0.15) is 17.3 Å². The molecule has 0 N–H and O–H groups in total. The third-order valence-electron chi connectivity index (χ3n) is 6.47. The van der Waals surface area contributed by atoms with Gasteiger partial charge in [0.05, 0.1) is 42.1 Å². The molecule has 37 heavy (non-hydrogen) atoms. The van der Waals surface area contributed by atoms with Gasteiger partial charge in [-0.2, -0.15) is 4.31 Å². The number of benzene rings is 2. The molecule has 0 aliphatic carbocycles. The molecule has 3 heterocycles. The van der Waals surface area contributed by atoms with Crippen molar-refractivity contribution in [2.45, 2.75) is 24.3 Å². The van der Waals surface area contributed by atoms with Crippen LogP contribution < -0.4 is 14.4 Å². The molecule has 1 aliphatic heterocycles. The molecule has 1 saturated heterocycles. The Labute approximate surface area is 219 Å². The fourth-order valence-corrected chi connectivity index (χ4v) is 6.82. The average molecular weight is 542 g/mol. The number of sulfonamides is 1. The summed E-state index contributed by atoms with van der Waals surface area (Å²) in [4.78, 5) is 20.3. The number of carbonyl (C=O) groups is 1. The van der Waals surface area contributed by atoms with Gasteiger partial charge < -0.3 is 13.9 Å². The highest BCUT2D eigenvalue weighted by atomic mass is 32.2. The molecular formula is C26H27N3O6S2. The molecule has 0 bridgehead atoms. The summed E-state index contributed by atoms with van der Waals surface area (Å²) in [5.41, 5.74) is 0.747. The number of amides is 1. The molecule has 9 nitrogen and oxygen atoms in total. The van der Waals surface area contributed by atoms with Crippen LogP contribution in [0.5, 0.6) is 11.5 Å². The number of furan rings is 1. The monoisotopic (exact) mass is 541 g/mol. The molecule has 5 rings (SSSR count). The van der Waals surface area contributed by atoms with Gasteiger partial charge in [0, 0.05) is 25.1 Å². The van der Waals surface area contributed by atoms with E-state index in [1.54, 1.807) is 48.6 Å². The molecule has 1 amide bonds. The molecule has 194 valence electrons. The quantitative estimate of drug-likeness (QED) is 0.323. The first-order valence-corrected chi connectivity index (χ1v) is 14.1. The van der Waals surface area contributed by atoms with E-state index in [2.05, 4.69) is 0 Å². The van der Waals surface area contributed by atoms with Gasteiger partial charge in [-0.3, -0.25) is 9.69 Å². The van der Waals surface area contributed by atoms with Crippen LogP contribution in [0.25, 0.3) is 10.2 Å². The van der Waals surface area contributed by atoms with Gasteiger partial charge in [0.2, 0.25) is 15.9 Å². The minimum atomic E-state index is -3.66. The average Bonchev–Trinajstić information content (AvgIpc) is 3.60. The summed E-state index contributed by atoms with van der Waals surface area (Å²) in [5.74, 6) is 1.50. The second kappa shape index (κ2) is 10.5. The number of thiazole rings is 1. The largest absolute Gasteiger partial charge is 0.497 e. The second-order valence-electron chi connectivity index (χ2n) is 8.69. The fourth-order valence-electron chi connectivity index (χ4n) is 4.40. The molecule has 1 aliphatic rings. The number of rotatable bonds is 8. The van der Waals surface area contributed by atoms with Crippen LogP contribution >= 0.6 is 11.3 Å². The van der Waals surface area contributed by atoms with E-state index in [4.69, 9.17) is 18.9 Å². The third kappa shape index (κ3) is 5.20. The lowest BCUT2D eigenvalue weighted by Crippen LogP contribution is -2.44. The number of methoxy groups -OCH3 is 2. The Morgan fingerprint density at radius 3 is 2.43 bits per heavy atom. The Balaban J connectivity index is 1.34. The Hall–Kier alpha value is -3.41. The molecule has 0 saturated carbocycles. The molecule has 1 fully saturated rings. The Morgan fingerprint density at radius 2 is 1.78 bits per heavy atom. The molecule has 0 atom stereocenters. The van der Waals surface area contributed by atoms with E-state index in [9.17, 15) is 13.2 Å². The lowest BCUT2D eigenvalue weighted by molar-refractivity contribution is -0.123. The summed E-state index contributed by atoms with van der Waals surface area (Å²) in [6.07, 6.45) is 2.41. The molecule has 11 heteroatoms. The van der Waals surface area contributed by atoms with E-state index in [0.29, 0.717) is 35.2 Å². The summed E-state index contributed by atoms with van der Waals surface area (Å²) in [6, 6.07) is 15.6. The van der Waals surface area contributed by atoms with Crippen molar-refractivity contribution in [2.24, 2.45) is 5.92 Å². The summed E-state index contributed by atoms with van der Waals surface area (Å²) in [5, 5.41) is 0.568. The maximum atomic E-state index is 13.8. The summed E-state index contributed by atoms with van der Waals surface area (Å²) < 4.78 is 44.6. The first-order chi connectivity index (χ1) is 17.9. The number of aromatic nitrogens is 1. The molecular weight excluding hydrogens is 514 g/mol. The van der Waals surface area contributed by atoms with Gasteiger partial charge >= 0.3 is 0 Å². The summed E-state index contributed by atoms with van der Waals surface area (Å²) in [6.45, 7) is 0.764. The van der Waals surface area contributed by atoms with Crippen LogP contribution in [0, 0.1) is 5.92 Å². The van der Waals surface area contributed by atoms with Crippen molar-refractivity contribution in [3.8, 4) is 11.5 Å². The van der Waals surface area contributed by atoms with Crippen molar-refractivity contribution < 1.29 is 27.1 Å². The van der Waals surface area contributed by atoms with Crippen LogP contribution in [-0.2, 0) is 21.4 Å². The number of carbonyl (C=O) groups excluding carboxylic acids is 1. The zero-order chi connectivity index (χ0) is 26.0. The number of piperidine rings is 1. The van der Waals surface area contributed by atoms with Crippen LogP contribution in [0.1, 0.15) is 18.6 Å². The minimum absolute atomic E-state index is 0.0936. The standard InChI is InChI=1S/C26H27N3O6S2/c1-33-19-5-8-22(9-6-19)37(31,32)28-13-11-18(12-14-28)25(30)29(17-21-4-3-15-35-21)26-27-23-16-20(34-2)7-10-24(23)36-26/h3-10,15-16,18H,11-14,17H2,1-2H3. The molecule has 2 aromatic heterocycles. The zero-order valence-corrected chi connectivity index (χ0v) is 22.1. The van der Waals surface area contributed by atoms with Gasteiger partial charge in [-0.1, -0.05) is 11.3 Å². The van der Waals surface area contributed by atoms with Crippen LogP contribution in [0.2, 0.25) is 0 Å². The first-order valence-electron chi connectivity index (χ1n) is 11.8. The highest BCUT2D eigenvalue weighted by molar-refractivity contribution is 7.89. The van der Waals surface area contributed by atoms with Crippen LogP contribution in [0.4, 0.5) is 5.13 Å². The first kappa shape index (κ1) is 25.2. The molecule has 0 unspecified atom stereocenters. The van der Waals surface area contributed by atoms with Crippen molar-refractivity contribution in [1.82, 2.24) is 9.29 Å². The zero-order valence-electron chi connectivity index (χ0n) is 20.5. The van der Waals surface area contributed by atoms with E-state index in [1.807, 2.05) is 24.3 Å². The molecule has 0 radical (unpaired) electrons. The van der Waals surface area contributed by atoms with E-state index < -0.39 is 10.0 Å². The van der Waals surface area contributed by atoms with E-state index >= 15 is 0 Å². The second-order valence-corrected chi connectivity index (χ2v) is 11.6. The smallest absolute Gasteiger partial charge is 0.243 e. The van der Waals surface area contributed by atoms with Crippen molar-refractivity contribution in [3.63, 3.8) is 0 Å². The normalized spacial score (nSPS) is 15.1. The van der Waals surface area contributed by atoms with Crippen LogP contribution in [0.15, 0.2) is 70.2 Å². The lowest BCUT2D eigenvalue weighted by atomic mass is 9.96. The van der Waals surface area contributed by atoms with Crippen molar-refractivity contribution in [1.29, 1.82) is 0 Å².